The summed E-state index contributed by atoms with van der Waals surface area (Å²) in [6.45, 7) is 8.86. The first kappa shape index (κ1) is 21.1. The highest BCUT2D eigenvalue weighted by atomic mass is 32.2. The molecule has 0 aliphatic heterocycles. The number of allylic oxidation sites excluding steroid dienone is 1. The van der Waals surface area contributed by atoms with Gasteiger partial charge in [0.2, 0.25) is 11.1 Å². The maximum Gasteiger partial charge on any atom is 0.202 e. The van der Waals surface area contributed by atoms with Gasteiger partial charge in [-0.2, -0.15) is 0 Å². The second kappa shape index (κ2) is 14.2. The van der Waals surface area contributed by atoms with Crippen molar-refractivity contribution in [2.75, 3.05) is 25.7 Å². The Balaban J connectivity index is 0. The Bertz CT molecular complexity index is 277. The topological polar surface area (TPSA) is 61.8 Å². The van der Waals surface area contributed by atoms with Gasteiger partial charge < -0.3 is 8.92 Å². The quantitative estimate of drug-likeness (QED) is 0.507. The van der Waals surface area contributed by atoms with Crippen molar-refractivity contribution in [2.45, 2.75) is 33.8 Å². The summed E-state index contributed by atoms with van der Waals surface area (Å²) in [6.07, 6.45) is 6.52. The van der Waals surface area contributed by atoms with Crippen LogP contribution in [0.5, 0.6) is 0 Å². The number of rotatable bonds is 8. The van der Waals surface area contributed by atoms with Crippen molar-refractivity contribution >= 4 is 22.2 Å². The van der Waals surface area contributed by atoms with Crippen molar-refractivity contribution in [3.05, 3.63) is 12.3 Å². The third kappa shape index (κ3) is 27.1. The summed E-state index contributed by atoms with van der Waals surface area (Å²) in [5.41, 5.74) is 0. The molecule has 2 unspecified atom stereocenters. The van der Waals surface area contributed by atoms with Crippen molar-refractivity contribution < 1.29 is 21.5 Å². The van der Waals surface area contributed by atoms with E-state index in [1.807, 2.05) is 33.8 Å². The zero-order valence-electron chi connectivity index (χ0n) is 12.6. The van der Waals surface area contributed by atoms with Crippen LogP contribution < -0.4 is 0 Å². The fourth-order valence-electron chi connectivity index (χ4n) is 0.703. The first-order valence-corrected chi connectivity index (χ1v) is 8.97. The summed E-state index contributed by atoms with van der Waals surface area (Å²) >= 11 is -2.33. The average molecular weight is 314 g/mol. The van der Waals surface area contributed by atoms with Gasteiger partial charge in [-0.25, -0.2) is 8.42 Å². The smallest absolute Gasteiger partial charge is 0.202 e. The average Bonchev–Trinajstić information content (AvgIpc) is 2.23. The molecule has 0 bridgehead atoms. The molecule has 7 heteroatoms. The maximum absolute atomic E-state index is 10.3. The van der Waals surface area contributed by atoms with Crippen molar-refractivity contribution in [2.24, 2.45) is 5.92 Å². The van der Waals surface area contributed by atoms with Gasteiger partial charge in [-0.1, -0.05) is 13.8 Å². The molecule has 0 aromatic rings. The predicted molar refractivity (Wildman–Crippen MR) is 80.2 cm³/mol. The van der Waals surface area contributed by atoms with E-state index in [2.05, 4.69) is 4.18 Å². The minimum atomic E-state index is -1.17. The van der Waals surface area contributed by atoms with Crippen LogP contribution in [0, 0.1) is 5.92 Å². The summed E-state index contributed by atoms with van der Waals surface area (Å²) in [6, 6.07) is 0. The van der Waals surface area contributed by atoms with Gasteiger partial charge in [-0.05, 0) is 25.8 Å². The van der Waals surface area contributed by atoms with Crippen molar-refractivity contribution in [1.29, 1.82) is 0 Å². The molecule has 0 rings (SSSR count). The summed E-state index contributed by atoms with van der Waals surface area (Å²) < 4.78 is 35.1. The maximum atomic E-state index is 10.3. The van der Waals surface area contributed by atoms with E-state index in [1.54, 1.807) is 0 Å². The van der Waals surface area contributed by atoms with Crippen LogP contribution in [0.15, 0.2) is 12.3 Å². The number of hydrogen-bond donors (Lipinski definition) is 0. The molecule has 0 fully saturated rings. The highest BCUT2D eigenvalue weighted by Gasteiger charge is 1.93. The lowest BCUT2D eigenvalue weighted by molar-refractivity contribution is 0.0583. The van der Waals surface area contributed by atoms with Crippen LogP contribution in [0.1, 0.15) is 27.7 Å². The van der Waals surface area contributed by atoms with E-state index in [0.29, 0.717) is 19.1 Å². The Morgan fingerprint density at radius 1 is 1.00 bits per heavy atom. The Morgan fingerprint density at radius 2 is 1.58 bits per heavy atom. The Labute approximate surface area is 122 Å². The van der Waals surface area contributed by atoms with Crippen LogP contribution in [-0.4, -0.2) is 40.2 Å². The molecule has 0 aromatic carbocycles. The van der Waals surface area contributed by atoms with Gasteiger partial charge >= 0.3 is 0 Å². The molecule has 0 N–H and O–H groups in total. The molecule has 0 aliphatic carbocycles. The van der Waals surface area contributed by atoms with E-state index in [4.69, 9.17) is 8.92 Å². The Hall–Kier alpha value is -0.240. The van der Waals surface area contributed by atoms with Crippen molar-refractivity contribution in [3.8, 4) is 0 Å². The molecular formula is C12H26O5S2. The largest absolute Gasteiger partial charge is 0.409 e. The minimum Gasteiger partial charge on any atom is -0.409 e. The van der Waals surface area contributed by atoms with Crippen LogP contribution in [0.3, 0.4) is 0 Å². The molecule has 0 aromatic heterocycles. The Morgan fingerprint density at radius 3 is 1.95 bits per heavy atom. The molecule has 0 aliphatic rings. The highest BCUT2D eigenvalue weighted by molar-refractivity contribution is 7.79. The van der Waals surface area contributed by atoms with Gasteiger partial charge in [0, 0.05) is 12.5 Å². The van der Waals surface area contributed by atoms with Gasteiger partial charge in [0.25, 0.3) is 0 Å². The zero-order chi connectivity index (χ0) is 15.3. The molecule has 0 saturated heterocycles. The van der Waals surface area contributed by atoms with E-state index in [-0.39, 0.29) is 6.10 Å². The second-order valence-corrected chi connectivity index (χ2v) is 6.25. The summed E-state index contributed by atoms with van der Waals surface area (Å²) in [5.74, 6) is 0.452. The normalized spacial score (nSPS) is 14.3. The molecule has 116 valence electrons. The standard InChI is InChI=1S/C6H14O3S.C6H12O2S/c1-6(2)8-4-5-9-10(3)7;1-6(2)4-5-8-9(3)7/h6H,4-5H2,1-3H3;4-6H,1-3H3. The number of ether oxygens (including phenoxy) is 1. The summed E-state index contributed by atoms with van der Waals surface area (Å²) in [7, 11) is 0. The molecule has 0 heterocycles. The molecule has 0 spiro atoms. The van der Waals surface area contributed by atoms with E-state index in [1.165, 1.54) is 18.8 Å². The van der Waals surface area contributed by atoms with Crippen LogP contribution in [0.4, 0.5) is 0 Å². The van der Waals surface area contributed by atoms with Gasteiger partial charge in [0.1, 0.15) is 6.26 Å². The van der Waals surface area contributed by atoms with Crippen LogP contribution >= 0.6 is 0 Å². The fourth-order valence-corrected chi connectivity index (χ4v) is 1.23. The Kier molecular flexibility index (Phi) is 15.7. The van der Waals surface area contributed by atoms with Crippen molar-refractivity contribution in [1.82, 2.24) is 0 Å². The van der Waals surface area contributed by atoms with Gasteiger partial charge in [0.05, 0.1) is 19.3 Å². The predicted octanol–water partition coefficient (Wildman–Crippen LogP) is 2.19. The SMILES string of the molecule is CC(C)C=COS(C)=O.CC(C)OCCOS(C)=O. The van der Waals surface area contributed by atoms with E-state index < -0.39 is 22.2 Å². The van der Waals surface area contributed by atoms with Crippen LogP contribution in [-0.2, 0) is 35.3 Å². The lowest BCUT2D eigenvalue weighted by Crippen LogP contribution is -2.09. The van der Waals surface area contributed by atoms with E-state index in [0.717, 1.165) is 0 Å². The molecular weight excluding hydrogens is 288 g/mol. The molecule has 0 amide bonds. The molecule has 0 radical (unpaired) electrons. The fraction of sp³-hybridized carbons (Fsp3) is 0.833. The number of hydrogen-bond acceptors (Lipinski definition) is 5. The summed E-state index contributed by atoms with van der Waals surface area (Å²) in [4.78, 5) is 0. The molecule has 0 saturated carbocycles. The lowest BCUT2D eigenvalue weighted by atomic mass is 10.2. The second-order valence-electron chi connectivity index (χ2n) is 4.21. The third-order valence-corrected chi connectivity index (χ3v) is 2.32. The van der Waals surface area contributed by atoms with Crippen molar-refractivity contribution in [3.63, 3.8) is 0 Å². The third-order valence-electron chi connectivity index (χ3n) is 1.44. The van der Waals surface area contributed by atoms with Crippen LogP contribution in [0.25, 0.3) is 0 Å². The van der Waals surface area contributed by atoms with Crippen LogP contribution in [0.2, 0.25) is 0 Å². The van der Waals surface area contributed by atoms with Gasteiger partial charge in [-0.3, -0.25) is 4.18 Å². The van der Waals surface area contributed by atoms with E-state index >= 15 is 0 Å². The zero-order valence-corrected chi connectivity index (χ0v) is 14.2. The van der Waals surface area contributed by atoms with Gasteiger partial charge in [0.15, 0.2) is 11.1 Å². The molecule has 19 heavy (non-hydrogen) atoms. The highest BCUT2D eigenvalue weighted by Crippen LogP contribution is 1.93. The molecule has 2 atom stereocenters. The van der Waals surface area contributed by atoms with Gasteiger partial charge in [-0.15, -0.1) is 0 Å². The first-order valence-electron chi connectivity index (χ1n) is 6.01. The lowest BCUT2D eigenvalue weighted by Gasteiger charge is -2.05. The monoisotopic (exact) mass is 314 g/mol. The first-order chi connectivity index (χ1) is 8.75. The summed E-state index contributed by atoms with van der Waals surface area (Å²) in [5, 5.41) is 0. The van der Waals surface area contributed by atoms with E-state index in [9.17, 15) is 8.42 Å². The minimum absolute atomic E-state index is 0.217. The molecule has 5 nitrogen and oxygen atoms in total.